The van der Waals surface area contributed by atoms with E-state index < -0.39 is 0 Å². The van der Waals surface area contributed by atoms with Crippen LogP contribution < -0.4 is 5.32 Å². The van der Waals surface area contributed by atoms with Gasteiger partial charge in [-0.1, -0.05) is 23.7 Å². The first-order valence-corrected chi connectivity index (χ1v) is 9.21. The molecule has 2 N–H and O–H groups in total. The van der Waals surface area contributed by atoms with Gasteiger partial charge in [0, 0.05) is 17.7 Å². The molecule has 1 fully saturated rings. The number of nitrogens with one attached hydrogen (secondary N) is 1. The zero-order chi connectivity index (χ0) is 19.0. The first-order chi connectivity index (χ1) is 13.0. The Bertz CT molecular complexity index is 908. The highest BCUT2D eigenvalue weighted by Crippen LogP contribution is 2.35. The molecule has 0 bridgehead atoms. The summed E-state index contributed by atoms with van der Waals surface area (Å²) in [6.07, 6.45) is 5.03. The van der Waals surface area contributed by atoms with E-state index >= 15 is 0 Å². The van der Waals surface area contributed by atoms with Crippen LogP contribution in [0.1, 0.15) is 35.2 Å². The molecular weight excluding hydrogens is 368 g/mol. The third kappa shape index (κ3) is 3.17. The summed E-state index contributed by atoms with van der Waals surface area (Å²) >= 11 is 6.31. The number of aldehydes is 1. The van der Waals surface area contributed by atoms with E-state index in [1.807, 2.05) is 12.1 Å². The monoisotopic (exact) mass is 386 g/mol. The zero-order valence-electron chi connectivity index (χ0n) is 14.6. The standard InChI is InChI=1S/C19H19ClN4O3/c20-15-9-21-18(23-19(11-26)4-1-5-19)22-16(15)12-2-3-13-10-24(6-7-25)17(27)14(13)8-12/h2-3,7-9,26H,1,4-6,10-11H2,(H,21,22,23). The van der Waals surface area contributed by atoms with E-state index in [1.54, 1.807) is 6.07 Å². The number of halogens is 1. The average Bonchev–Trinajstić information content (AvgIpc) is 2.95. The molecule has 1 aromatic heterocycles. The van der Waals surface area contributed by atoms with Gasteiger partial charge < -0.3 is 20.1 Å². The Morgan fingerprint density at radius 2 is 2.19 bits per heavy atom. The molecule has 0 unspecified atom stereocenters. The second-order valence-corrected chi connectivity index (χ2v) is 7.44. The smallest absolute Gasteiger partial charge is 0.254 e. The van der Waals surface area contributed by atoms with Crippen LogP contribution in [0.15, 0.2) is 24.4 Å². The third-order valence-corrected chi connectivity index (χ3v) is 5.57. The fourth-order valence-electron chi connectivity index (χ4n) is 3.54. The molecule has 0 atom stereocenters. The Morgan fingerprint density at radius 1 is 1.37 bits per heavy atom. The van der Waals surface area contributed by atoms with Crippen LogP contribution in [0.2, 0.25) is 5.02 Å². The molecule has 2 aliphatic rings. The van der Waals surface area contributed by atoms with E-state index in [9.17, 15) is 14.7 Å². The summed E-state index contributed by atoms with van der Waals surface area (Å²) in [5, 5.41) is 13.2. The van der Waals surface area contributed by atoms with E-state index in [2.05, 4.69) is 15.3 Å². The normalized spacial score (nSPS) is 17.4. The Kier molecular flexibility index (Phi) is 4.57. The van der Waals surface area contributed by atoms with Crippen LogP contribution in [0.4, 0.5) is 5.95 Å². The van der Waals surface area contributed by atoms with Gasteiger partial charge in [0.05, 0.1) is 35.6 Å². The molecule has 0 radical (unpaired) electrons. The maximum absolute atomic E-state index is 12.5. The number of aliphatic hydroxyl groups excluding tert-OH is 1. The number of fused-ring (bicyclic) bond motifs is 1. The molecule has 2 aromatic rings. The van der Waals surface area contributed by atoms with Crippen molar-refractivity contribution in [1.29, 1.82) is 0 Å². The number of hydrogen-bond acceptors (Lipinski definition) is 6. The van der Waals surface area contributed by atoms with Gasteiger partial charge in [0.1, 0.15) is 6.29 Å². The molecule has 1 aromatic carbocycles. The number of amides is 1. The number of hydrogen-bond donors (Lipinski definition) is 2. The van der Waals surface area contributed by atoms with Crippen molar-refractivity contribution < 1.29 is 14.7 Å². The molecular formula is C19H19ClN4O3. The van der Waals surface area contributed by atoms with E-state index in [4.69, 9.17) is 11.6 Å². The Hall–Kier alpha value is -2.51. The summed E-state index contributed by atoms with van der Waals surface area (Å²) in [7, 11) is 0. The lowest BCUT2D eigenvalue weighted by atomic mass is 9.77. The minimum atomic E-state index is -0.367. The Morgan fingerprint density at radius 3 is 2.85 bits per heavy atom. The molecule has 7 nitrogen and oxygen atoms in total. The SMILES string of the molecule is O=CCN1Cc2ccc(-c3nc(NC4(CO)CCC4)ncc3Cl)cc2C1=O. The third-order valence-electron chi connectivity index (χ3n) is 5.29. The molecule has 4 rings (SSSR count). The predicted molar refractivity (Wildman–Crippen MR) is 101 cm³/mol. The van der Waals surface area contributed by atoms with Crippen LogP contribution in [0.3, 0.4) is 0 Å². The summed E-state index contributed by atoms with van der Waals surface area (Å²) in [4.78, 5) is 33.4. The van der Waals surface area contributed by atoms with Gasteiger partial charge in [0.25, 0.3) is 5.91 Å². The van der Waals surface area contributed by atoms with Gasteiger partial charge >= 0.3 is 0 Å². The largest absolute Gasteiger partial charge is 0.394 e. The lowest BCUT2D eigenvalue weighted by Crippen LogP contribution is -2.48. The van der Waals surface area contributed by atoms with E-state index in [0.717, 1.165) is 31.1 Å². The summed E-state index contributed by atoms with van der Waals surface area (Å²) in [5.74, 6) is 0.230. The summed E-state index contributed by atoms with van der Waals surface area (Å²) in [6.45, 7) is 0.527. The quantitative estimate of drug-likeness (QED) is 0.739. The van der Waals surface area contributed by atoms with Crippen LogP contribution in [-0.4, -0.2) is 50.9 Å². The van der Waals surface area contributed by atoms with Gasteiger partial charge in [0.15, 0.2) is 0 Å². The van der Waals surface area contributed by atoms with Gasteiger partial charge in [-0.2, -0.15) is 0 Å². The van der Waals surface area contributed by atoms with Gasteiger partial charge in [-0.15, -0.1) is 0 Å². The van der Waals surface area contributed by atoms with Crippen molar-refractivity contribution in [2.45, 2.75) is 31.3 Å². The minimum Gasteiger partial charge on any atom is -0.394 e. The first kappa shape index (κ1) is 17.9. The highest BCUT2D eigenvalue weighted by molar-refractivity contribution is 6.33. The minimum absolute atomic E-state index is 0.0221. The van der Waals surface area contributed by atoms with E-state index in [-0.39, 0.29) is 24.6 Å². The summed E-state index contributed by atoms with van der Waals surface area (Å²) in [6, 6.07) is 5.48. The maximum Gasteiger partial charge on any atom is 0.254 e. The maximum atomic E-state index is 12.5. The number of aliphatic hydroxyl groups is 1. The summed E-state index contributed by atoms with van der Waals surface area (Å²) in [5.41, 5.74) is 2.30. The lowest BCUT2D eigenvalue weighted by molar-refractivity contribution is -0.108. The van der Waals surface area contributed by atoms with Crippen molar-refractivity contribution in [1.82, 2.24) is 14.9 Å². The molecule has 1 saturated carbocycles. The number of carbonyl (C=O) groups excluding carboxylic acids is 2. The predicted octanol–water partition coefficient (Wildman–Crippen LogP) is 2.28. The Labute approximate surface area is 161 Å². The second kappa shape index (κ2) is 6.90. The molecule has 27 heavy (non-hydrogen) atoms. The van der Waals surface area contributed by atoms with Crippen molar-refractivity contribution in [3.63, 3.8) is 0 Å². The molecule has 1 aliphatic heterocycles. The summed E-state index contributed by atoms with van der Waals surface area (Å²) < 4.78 is 0. The number of nitrogens with zero attached hydrogens (tertiary/aromatic N) is 3. The fourth-order valence-corrected chi connectivity index (χ4v) is 3.74. The average molecular weight is 387 g/mol. The van der Waals surface area contributed by atoms with Crippen LogP contribution in [-0.2, 0) is 11.3 Å². The lowest BCUT2D eigenvalue weighted by Gasteiger charge is -2.40. The number of aromatic nitrogens is 2. The van der Waals surface area contributed by atoms with Crippen molar-refractivity contribution in [3.05, 3.63) is 40.5 Å². The fraction of sp³-hybridized carbons (Fsp3) is 0.368. The highest BCUT2D eigenvalue weighted by Gasteiger charge is 2.37. The van der Waals surface area contributed by atoms with Crippen molar-refractivity contribution in [2.24, 2.45) is 0 Å². The number of rotatable bonds is 6. The van der Waals surface area contributed by atoms with Crippen LogP contribution in [0.5, 0.6) is 0 Å². The van der Waals surface area contributed by atoms with Crippen molar-refractivity contribution >= 4 is 29.7 Å². The van der Waals surface area contributed by atoms with Crippen molar-refractivity contribution in [3.8, 4) is 11.3 Å². The number of carbonyl (C=O) groups is 2. The second-order valence-electron chi connectivity index (χ2n) is 7.03. The van der Waals surface area contributed by atoms with Gasteiger partial charge in [-0.25, -0.2) is 9.97 Å². The topological polar surface area (TPSA) is 95.4 Å². The Balaban J connectivity index is 1.65. The van der Waals surface area contributed by atoms with Gasteiger partial charge in [0.2, 0.25) is 5.95 Å². The zero-order valence-corrected chi connectivity index (χ0v) is 15.4. The van der Waals surface area contributed by atoms with Crippen LogP contribution in [0, 0.1) is 0 Å². The van der Waals surface area contributed by atoms with E-state index in [1.165, 1.54) is 11.1 Å². The molecule has 1 amide bonds. The molecule has 0 saturated heterocycles. The molecule has 0 spiro atoms. The van der Waals surface area contributed by atoms with E-state index in [0.29, 0.717) is 34.3 Å². The molecule has 2 heterocycles. The van der Waals surface area contributed by atoms with Crippen LogP contribution in [0.25, 0.3) is 11.3 Å². The molecule has 8 heteroatoms. The van der Waals surface area contributed by atoms with Crippen LogP contribution >= 0.6 is 11.6 Å². The van der Waals surface area contributed by atoms with Gasteiger partial charge in [-0.05, 0) is 30.9 Å². The number of anilines is 1. The highest BCUT2D eigenvalue weighted by atomic mass is 35.5. The molecule has 140 valence electrons. The van der Waals surface area contributed by atoms with Crippen molar-refractivity contribution in [2.75, 3.05) is 18.5 Å². The molecule has 1 aliphatic carbocycles. The van der Waals surface area contributed by atoms with Gasteiger partial charge in [-0.3, -0.25) is 4.79 Å². The number of benzene rings is 1. The first-order valence-electron chi connectivity index (χ1n) is 8.83.